The molecule has 256 valence electrons. The molecule has 16 heteroatoms. The van der Waals surface area contributed by atoms with Crippen LogP contribution in [0, 0.1) is 6.92 Å². The van der Waals surface area contributed by atoms with Crippen LogP contribution in [0.2, 0.25) is 10.0 Å². The number of halogens is 5. The summed E-state index contributed by atoms with van der Waals surface area (Å²) in [6.07, 6.45) is -3.81. The summed E-state index contributed by atoms with van der Waals surface area (Å²) in [6.45, 7) is 6.95. The Balaban J connectivity index is 1.65. The zero-order chi connectivity index (χ0) is 34.7. The Bertz CT molecular complexity index is 1720. The smallest absolute Gasteiger partial charge is 0.407 e. The maximum absolute atomic E-state index is 13.8. The molecule has 0 radical (unpaired) electrons. The van der Waals surface area contributed by atoms with Crippen LogP contribution in [0.3, 0.4) is 0 Å². The fourth-order valence-electron chi connectivity index (χ4n) is 5.14. The molecule has 0 saturated heterocycles. The molecule has 2 aromatic carbocycles. The molecular weight excluding hydrogens is 684 g/mol. The van der Waals surface area contributed by atoms with Crippen molar-refractivity contribution in [2.24, 2.45) is 0 Å². The average molecular weight is 720 g/mol. The van der Waals surface area contributed by atoms with Gasteiger partial charge in [-0.2, -0.15) is 21.6 Å². The van der Waals surface area contributed by atoms with Gasteiger partial charge in [0.25, 0.3) is 5.91 Å². The summed E-state index contributed by atoms with van der Waals surface area (Å²) in [7, 11) is -4.51. The molecule has 0 unspecified atom stereocenters. The Morgan fingerprint density at radius 3 is 2.19 bits per heavy atom. The molecule has 1 saturated carbocycles. The standard InChI is InChI=1S/C31H35Cl2F3N4O6S/c1-18-26(28(41)37-24-7-5-6-8-25(24)38-29(42)45-30(2,3)4)39-27(22-14-9-19(32)17-23(22)33)40(18)20-10-12-21(13-11-20)46-47(43,44)16-15-31(34,35)36/h9-14,17,24-25H,5-8,15-16H2,1-4H3,(H,37,41)(H,38,42)/t24-,25+/m0/s1. The van der Waals surface area contributed by atoms with Gasteiger partial charge in [-0.3, -0.25) is 9.36 Å². The van der Waals surface area contributed by atoms with Crippen LogP contribution in [0.1, 0.15) is 69.1 Å². The fourth-order valence-corrected chi connectivity index (χ4v) is 6.60. The summed E-state index contributed by atoms with van der Waals surface area (Å²) in [5.41, 5.74) is 0.657. The molecule has 1 aliphatic rings. The van der Waals surface area contributed by atoms with Crippen molar-refractivity contribution in [1.82, 2.24) is 20.2 Å². The van der Waals surface area contributed by atoms with Crippen molar-refractivity contribution in [2.75, 3.05) is 5.75 Å². The second-order valence-corrected chi connectivity index (χ2v) is 14.7. The number of ether oxygens (including phenoxy) is 1. The zero-order valence-corrected chi connectivity index (χ0v) is 28.4. The Morgan fingerprint density at radius 1 is 1.00 bits per heavy atom. The topological polar surface area (TPSA) is 129 Å². The van der Waals surface area contributed by atoms with Crippen LogP contribution in [-0.4, -0.2) is 59.6 Å². The van der Waals surface area contributed by atoms with Crippen LogP contribution in [-0.2, 0) is 14.9 Å². The lowest BCUT2D eigenvalue weighted by Crippen LogP contribution is -2.54. The fraction of sp³-hybridized carbons (Fsp3) is 0.452. The number of benzene rings is 2. The van der Waals surface area contributed by atoms with Gasteiger partial charge >= 0.3 is 22.4 Å². The first-order valence-corrected chi connectivity index (χ1v) is 17.1. The van der Waals surface area contributed by atoms with Gasteiger partial charge in [-0.15, -0.1) is 0 Å². The number of alkyl carbamates (subject to hydrolysis) is 1. The van der Waals surface area contributed by atoms with E-state index in [0.717, 1.165) is 12.8 Å². The van der Waals surface area contributed by atoms with Crippen molar-refractivity contribution in [1.29, 1.82) is 0 Å². The highest BCUT2D eigenvalue weighted by molar-refractivity contribution is 7.87. The molecule has 3 aromatic rings. The van der Waals surface area contributed by atoms with Crippen LogP contribution in [0.5, 0.6) is 5.75 Å². The number of hydrogen-bond acceptors (Lipinski definition) is 7. The SMILES string of the molecule is Cc1c(C(=O)N[C@H]2CCCC[C@H]2NC(=O)OC(C)(C)C)nc(-c2ccc(Cl)cc2Cl)n1-c1ccc(OS(=O)(=O)CCC(F)(F)F)cc1. The van der Waals surface area contributed by atoms with E-state index in [1.165, 1.54) is 30.3 Å². The third-order valence-electron chi connectivity index (χ3n) is 7.23. The van der Waals surface area contributed by atoms with Gasteiger partial charge in [0.05, 0.1) is 28.9 Å². The maximum atomic E-state index is 13.8. The molecule has 2 amide bonds. The highest BCUT2D eigenvalue weighted by Crippen LogP contribution is 2.34. The molecule has 2 atom stereocenters. The van der Waals surface area contributed by atoms with Crippen molar-refractivity contribution in [2.45, 2.75) is 83.7 Å². The first-order chi connectivity index (χ1) is 21.8. The summed E-state index contributed by atoms with van der Waals surface area (Å²) in [6, 6.07) is 9.50. The highest BCUT2D eigenvalue weighted by Gasteiger charge is 2.33. The second kappa shape index (κ2) is 14.3. The quantitative estimate of drug-likeness (QED) is 0.221. The molecular formula is C31H35Cl2F3N4O6S. The van der Waals surface area contributed by atoms with Crippen LogP contribution in [0.4, 0.5) is 18.0 Å². The molecule has 2 N–H and O–H groups in total. The number of rotatable bonds is 9. The molecule has 4 rings (SSSR count). The lowest BCUT2D eigenvalue weighted by molar-refractivity contribution is -0.130. The number of aromatic nitrogens is 2. The monoisotopic (exact) mass is 718 g/mol. The minimum absolute atomic E-state index is 0.0719. The zero-order valence-electron chi connectivity index (χ0n) is 26.1. The van der Waals surface area contributed by atoms with E-state index in [2.05, 4.69) is 15.6 Å². The lowest BCUT2D eigenvalue weighted by atomic mass is 9.90. The number of imidazole rings is 1. The number of carbonyl (C=O) groups is 2. The van der Waals surface area contributed by atoms with Gasteiger partial charge in [0.15, 0.2) is 0 Å². The molecule has 0 spiro atoms. The molecule has 1 fully saturated rings. The van der Waals surface area contributed by atoms with Crippen molar-refractivity contribution < 1.29 is 40.1 Å². The van der Waals surface area contributed by atoms with Gasteiger partial charge in [0.2, 0.25) is 0 Å². The largest absolute Gasteiger partial charge is 0.444 e. The Labute approximate surface area is 281 Å². The number of alkyl halides is 3. The summed E-state index contributed by atoms with van der Waals surface area (Å²) in [5, 5.41) is 6.51. The average Bonchev–Trinajstić information content (AvgIpc) is 3.28. The van der Waals surface area contributed by atoms with E-state index < -0.39 is 52.1 Å². The van der Waals surface area contributed by atoms with Crippen LogP contribution in [0.15, 0.2) is 42.5 Å². The Morgan fingerprint density at radius 2 is 1.62 bits per heavy atom. The normalized spacial score (nSPS) is 17.2. The van der Waals surface area contributed by atoms with Crippen molar-refractivity contribution in [3.63, 3.8) is 0 Å². The van der Waals surface area contributed by atoms with E-state index in [4.69, 9.17) is 32.1 Å². The van der Waals surface area contributed by atoms with Crippen LogP contribution in [0.25, 0.3) is 17.1 Å². The molecule has 0 aliphatic heterocycles. The Hall–Kier alpha value is -3.49. The number of amides is 2. The lowest BCUT2D eigenvalue weighted by Gasteiger charge is -2.33. The van der Waals surface area contributed by atoms with Crippen molar-refractivity contribution >= 4 is 45.3 Å². The summed E-state index contributed by atoms with van der Waals surface area (Å²) in [5.74, 6) is -1.65. The summed E-state index contributed by atoms with van der Waals surface area (Å²) in [4.78, 5) is 30.9. The van der Waals surface area contributed by atoms with E-state index in [1.807, 2.05) is 0 Å². The predicted octanol–water partition coefficient (Wildman–Crippen LogP) is 7.38. The highest BCUT2D eigenvalue weighted by atomic mass is 35.5. The molecule has 1 heterocycles. The molecule has 1 aliphatic carbocycles. The molecule has 0 bridgehead atoms. The minimum atomic E-state index is -4.66. The van der Waals surface area contributed by atoms with Crippen molar-refractivity contribution in [3.05, 3.63) is 63.9 Å². The number of carbonyl (C=O) groups excluding carboxylic acids is 2. The summed E-state index contributed by atoms with van der Waals surface area (Å²) < 4.78 is 73.8. The third-order valence-corrected chi connectivity index (χ3v) is 8.93. The molecule has 1 aromatic heterocycles. The molecule has 10 nitrogen and oxygen atoms in total. The van der Waals surface area contributed by atoms with Gasteiger partial charge in [-0.1, -0.05) is 36.0 Å². The van der Waals surface area contributed by atoms with Crippen molar-refractivity contribution in [3.8, 4) is 22.8 Å². The number of nitrogens with one attached hydrogen (secondary N) is 2. The molecule has 47 heavy (non-hydrogen) atoms. The summed E-state index contributed by atoms with van der Waals surface area (Å²) >= 11 is 12.7. The first-order valence-electron chi connectivity index (χ1n) is 14.8. The van der Waals surface area contributed by atoms with Gasteiger partial charge in [-0.05, 0) is 83.0 Å². The first kappa shape index (κ1) is 36.3. The van der Waals surface area contributed by atoms with E-state index in [-0.39, 0.29) is 28.3 Å². The van der Waals surface area contributed by atoms with Crippen LogP contribution >= 0.6 is 23.2 Å². The van der Waals surface area contributed by atoms with E-state index >= 15 is 0 Å². The van der Waals surface area contributed by atoms with Gasteiger partial charge in [0, 0.05) is 22.3 Å². The Kier molecular flexibility index (Phi) is 11.1. The number of hydrogen-bond donors (Lipinski definition) is 2. The van der Waals surface area contributed by atoms with E-state index in [0.29, 0.717) is 34.8 Å². The minimum Gasteiger partial charge on any atom is -0.444 e. The van der Waals surface area contributed by atoms with Gasteiger partial charge < -0.3 is 19.6 Å². The predicted molar refractivity (Wildman–Crippen MR) is 172 cm³/mol. The van der Waals surface area contributed by atoms with E-state index in [1.54, 1.807) is 44.4 Å². The maximum Gasteiger partial charge on any atom is 0.407 e. The van der Waals surface area contributed by atoms with Gasteiger partial charge in [-0.25, -0.2) is 9.78 Å². The third kappa shape index (κ3) is 10.0. The van der Waals surface area contributed by atoms with E-state index in [9.17, 15) is 31.2 Å². The van der Waals surface area contributed by atoms with Crippen LogP contribution < -0.4 is 14.8 Å². The number of nitrogens with zero attached hydrogens (tertiary/aromatic N) is 2. The van der Waals surface area contributed by atoms with Gasteiger partial charge in [0.1, 0.15) is 22.9 Å². The second-order valence-electron chi connectivity index (χ2n) is 12.2.